The Morgan fingerprint density at radius 2 is 2.09 bits per heavy atom. The van der Waals surface area contributed by atoms with Crippen LogP contribution in [0.3, 0.4) is 0 Å². The van der Waals surface area contributed by atoms with Gasteiger partial charge in [0.1, 0.15) is 0 Å². The molecule has 1 aliphatic heterocycles. The second-order valence-electron chi connectivity index (χ2n) is 7.72. The molecule has 1 atom stereocenters. The quantitative estimate of drug-likeness (QED) is 0.444. The normalized spacial score (nSPS) is 17.8. The lowest BCUT2D eigenvalue weighted by Crippen LogP contribution is -2.55. The number of anilines is 2. The minimum Gasteiger partial charge on any atom is -0.383 e. The largest absolute Gasteiger partial charge is 0.383 e. The summed E-state index contributed by atoms with van der Waals surface area (Å²) in [7, 11) is -1.76. The average Bonchev–Trinajstić information content (AvgIpc) is 2.75. The predicted molar refractivity (Wildman–Crippen MR) is 120 cm³/mol. The van der Waals surface area contributed by atoms with E-state index >= 15 is 4.39 Å². The molecule has 0 unspecified atom stereocenters. The number of aromatic nitrogens is 1. The van der Waals surface area contributed by atoms with Gasteiger partial charge < -0.3 is 4.74 Å². The Balaban J connectivity index is 1.77. The van der Waals surface area contributed by atoms with E-state index < -0.39 is 15.8 Å². The number of rotatable bonds is 9. The molecule has 1 saturated heterocycles. The van der Waals surface area contributed by atoms with Crippen LogP contribution in [0.4, 0.5) is 15.8 Å². The molecule has 0 aliphatic carbocycles. The molecule has 1 aromatic heterocycles. The Kier molecular flexibility index (Phi) is 7.77. The first-order valence-electron chi connectivity index (χ1n) is 10.1. The van der Waals surface area contributed by atoms with Gasteiger partial charge in [0, 0.05) is 50.6 Å². The van der Waals surface area contributed by atoms with Gasteiger partial charge in [0.25, 0.3) is 0 Å². The van der Waals surface area contributed by atoms with Crippen molar-refractivity contribution >= 4 is 27.8 Å². The SMILES string of the molecule is COC[C@H]1CN(S(C)(=O)=O)CCN1Cc1cccc(NN(C=O)c2ccc(C)nc2)c1F. The van der Waals surface area contributed by atoms with E-state index in [-0.39, 0.29) is 24.8 Å². The maximum Gasteiger partial charge on any atom is 0.232 e. The molecular formula is C21H28FN5O4S. The van der Waals surface area contributed by atoms with E-state index in [1.54, 1.807) is 37.4 Å². The van der Waals surface area contributed by atoms with Crippen molar-refractivity contribution in [3.8, 4) is 0 Å². The van der Waals surface area contributed by atoms with Gasteiger partial charge in [-0.25, -0.2) is 17.8 Å². The summed E-state index contributed by atoms with van der Waals surface area (Å²) in [5.74, 6) is -0.485. The minimum absolute atomic E-state index is 0.147. The van der Waals surface area contributed by atoms with Gasteiger partial charge in [0.15, 0.2) is 5.82 Å². The lowest BCUT2D eigenvalue weighted by Gasteiger charge is -2.40. The van der Waals surface area contributed by atoms with Crippen molar-refractivity contribution in [3.63, 3.8) is 0 Å². The fraction of sp³-hybridized carbons (Fsp3) is 0.429. The van der Waals surface area contributed by atoms with Gasteiger partial charge in [0.2, 0.25) is 16.4 Å². The monoisotopic (exact) mass is 465 g/mol. The number of hydrazine groups is 1. The van der Waals surface area contributed by atoms with Gasteiger partial charge in [-0.2, -0.15) is 4.31 Å². The van der Waals surface area contributed by atoms with E-state index in [0.717, 1.165) is 10.7 Å². The van der Waals surface area contributed by atoms with E-state index in [0.29, 0.717) is 37.4 Å². The highest BCUT2D eigenvalue weighted by molar-refractivity contribution is 7.88. The molecule has 32 heavy (non-hydrogen) atoms. The second kappa shape index (κ2) is 10.3. The summed E-state index contributed by atoms with van der Waals surface area (Å²) in [4.78, 5) is 17.7. The van der Waals surface area contributed by atoms with Crippen LogP contribution in [0, 0.1) is 12.7 Å². The summed E-state index contributed by atoms with van der Waals surface area (Å²) in [5.41, 5.74) is 4.65. The Hall–Kier alpha value is -2.60. The van der Waals surface area contributed by atoms with Gasteiger partial charge in [-0.1, -0.05) is 12.1 Å². The average molecular weight is 466 g/mol. The number of hydrogen-bond acceptors (Lipinski definition) is 7. The molecule has 3 rings (SSSR count). The van der Waals surface area contributed by atoms with Crippen LogP contribution >= 0.6 is 0 Å². The summed E-state index contributed by atoms with van der Waals surface area (Å²) in [6.45, 7) is 3.50. The molecule has 11 heteroatoms. The van der Waals surface area contributed by atoms with Gasteiger partial charge in [-0.05, 0) is 25.1 Å². The third-order valence-corrected chi connectivity index (χ3v) is 6.64. The molecule has 2 aromatic rings. The lowest BCUT2D eigenvalue weighted by atomic mass is 10.1. The first-order chi connectivity index (χ1) is 15.2. The highest BCUT2D eigenvalue weighted by Gasteiger charge is 2.31. The van der Waals surface area contributed by atoms with E-state index in [9.17, 15) is 13.2 Å². The second-order valence-corrected chi connectivity index (χ2v) is 9.71. The molecule has 1 aromatic carbocycles. The summed E-state index contributed by atoms with van der Waals surface area (Å²) >= 11 is 0. The maximum absolute atomic E-state index is 15.3. The maximum atomic E-state index is 15.3. The number of halogens is 1. The zero-order valence-corrected chi connectivity index (χ0v) is 19.2. The van der Waals surface area contributed by atoms with Crippen molar-refractivity contribution < 1.29 is 22.3 Å². The number of carbonyl (C=O) groups excluding carboxylic acids is 1. The van der Waals surface area contributed by atoms with Crippen molar-refractivity contribution in [3.05, 3.63) is 53.6 Å². The van der Waals surface area contributed by atoms with Gasteiger partial charge >= 0.3 is 0 Å². The lowest BCUT2D eigenvalue weighted by molar-refractivity contribution is -0.107. The number of ether oxygens (including phenoxy) is 1. The number of sulfonamides is 1. The highest BCUT2D eigenvalue weighted by Crippen LogP contribution is 2.24. The van der Waals surface area contributed by atoms with Crippen molar-refractivity contribution in [2.75, 3.05) is 50.0 Å². The molecule has 2 heterocycles. The number of nitrogens with zero attached hydrogens (tertiary/aromatic N) is 4. The van der Waals surface area contributed by atoms with Gasteiger partial charge in [0.05, 0.1) is 30.4 Å². The number of hydrogen-bond donors (Lipinski definition) is 1. The highest BCUT2D eigenvalue weighted by atomic mass is 32.2. The Morgan fingerprint density at radius 1 is 1.31 bits per heavy atom. The first kappa shape index (κ1) is 24.1. The Labute approximate surface area is 187 Å². The predicted octanol–water partition coefficient (Wildman–Crippen LogP) is 1.61. The standard InChI is InChI=1S/C21H28FN5O4S/c1-16-7-8-18(11-23-16)27(15-28)24-20-6-4-5-17(21(20)22)12-25-9-10-26(32(3,29)30)13-19(25)14-31-2/h4-8,11,15,19,24H,9-10,12-14H2,1-3H3/t19-/m1/s1. The van der Waals surface area contributed by atoms with E-state index in [1.807, 2.05) is 11.8 Å². The van der Waals surface area contributed by atoms with E-state index in [1.165, 1.54) is 16.8 Å². The zero-order valence-electron chi connectivity index (χ0n) is 18.4. The van der Waals surface area contributed by atoms with Crippen molar-refractivity contribution in [1.29, 1.82) is 0 Å². The number of amides is 1. The van der Waals surface area contributed by atoms with E-state index in [4.69, 9.17) is 4.74 Å². The first-order valence-corrected chi connectivity index (χ1v) is 12.0. The summed E-state index contributed by atoms with van der Waals surface area (Å²) < 4.78 is 45.8. The third kappa shape index (κ3) is 5.80. The van der Waals surface area contributed by atoms with Crippen LogP contribution in [0.1, 0.15) is 11.3 Å². The zero-order chi connectivity index (χ0) is 23.3. The molecule has 174 valence electrons. The van der Waals surface area contributed by atoms with Crippen LogP contribution in [0.25, 0.3) is 0 Å². The Bertz CT molecular complexity index is 1030. The van der Waals surface area contributed by atoms with Crippen molar-refractivity contribution in [2.24, 2.45) is 0 Å². The van der Waals surface area contributed by atoms with Crippen LogP contribution in [0.5, 0.6) is 0 Å². The number of piperazine rings is 1. The molecule has 0 radical (unpaired) electrons. The molecule has 1 fully saturated rings. The van der Waals surface area contributed by atoms with Crippen molar-refractivity contribution in [1.82, 2.24) is 14.2 Å². The number of pyridine rings is 1. The van der Waals surface area contributed by atoms with Crippen LogP contribution in [-0.4, -0.2) is 74.7 Å². The van der Waals surface area contributed by atoms with Gasteiger partial charge in [-0.3, -0.25) is 20.1 Å². The molecule has 1 N–H and O–H groups in total. The third-order valence-electron chi connectivity index (χ3n) is 5.37. The molecule has 1 aliphatic rings. The van der Waals surface area contributed by atoms with E-state index in [2.05, 4.69) is 10.4 Å². The van der Waals surface area contributed by atoms with Crippen LogP contribution < -0.4 is 10.4 Å². The number of nitrogens with one attached hydrogen (secondary N) is 1. The number of aryl methyl sites for hydroxylation is 1. The van der Waals surface area contributed by atoms with Gasteiger partial charge in [-0.15, -0.1) is 0 Å². The molecule has 0 bridgehead atoms. The summed E-state index contributed by atoms with van der Waals surface area (Å²) in [6, 6.07) is 8.19. The summed E-state index contributed by atoms with van der Waals surface area (Å²) in [5, 5.41) is 1.16. The molecule has 9 nitrogen and oxygen atoms in total. The smallest absolute Gasteiger partial charge is 0.232 e. The fourth-order valence-corrected chi connectivity index (χ4v) is 4.47. The summed E-state index contributed by atoms with van der Waals surface area (Å²) in [6.07, 6.45) is 3.26. The minimum atomic E-state index is -3.31. The van der Waals surface area contributed by atoms with Crippen LogP contribution in [-0.2, 0) is 26.1 Å². The number of benzene rings is 1. The Morgan fingerprint density at radius 3 is 2.72 bits per heavy atom. The molecular weight excluding hydrogens is 437 g/mol. The van der Waals surface area contributed by atoms with Crippen molar-refractivity contribution in [2.45, 2.75) is 19.5 Å². The van der Waals surface area contributed by atoms with Crippen LogP contribution in [0.2, 0.25) is 0 Å². The number of methoxy groups -OCH3 is 1. The van der Waals surface area contributed by atoms with Crippen LogP contribution in [0.15, 0.2) is 36.5 Å². The number of carbonyl (C=O) groups is 1. The molecule has 0 spiro atoms. The molecule has 0 saturated carbocycles. The topological polar surface area (TPSA) is 95.1 Å². The molecule has 1 amide bonds. The fourth-order valence-electron chi connectivity index (χ4n) is 3.62.